The van der Waals surface area contributed by atoms with Gasteiger partial charge in [-0.15, -0.1) is 0 Å². The summed E-state index contributed by atoms with van der Waals surface area (Å²) >= 11 is 1.39. The van der Waals surface area contributed by atoms with Gasteiger partial charge in [0.25, 0.3) is 11.8 Å². The smallest absolute Gasteiger partial charge is 0.262 e. The summed E-state index contributed by atoms with van der Waals surface area (Å²) < 4.78 is 0. The summed E-state index contributed by atoms with van der Waals surface area (Å²) in [5.74, 6) is -0.509. The summed E-state index contributed by atoms with van der Waals surface area (Å²) in [5, 5.41) is 3.11. The summed E-state index contributed by atoms with van der Waals surface area (Å²) in [5.41, 5.74) is 1.12. The molecule has 3 rings (SSSR count). The molecule has 3 amide bonds. The molecule has 0 saturated carbocycles. The highest BCUT2D eigenvalue weighted by molar-refractivity contribution is 8.15. The van der Waals surface area contributed by atoms with Gasteiger partial charge in [0.15, 0.2) is 5.17 Å². The molecule has 0 bridgehead atoms. The van der Waals surface area contributed by atoms with Crippen LogP contribution in [-0.4, -0.2) is 64.1 Å². The number of amidine groups is 1. The summed E-state index contributed by atoms with van der Waals surface area (Å²) in [6, 6.07) is 7.01. The lowest BCUT2D eigenvalue weighted by molar-refractivity contribution is -0.121. The Hall–Kier alpha value is -2.35. The van der Waals surface area contributed by atoms with E-state index < -0.39 is 5.25 Å². The largest absolute Gasteiger partial charge is 0.351 e. The Kier molecular flexibility index (Phi) is 8.51. The highest BCUT2D eigenvalue weighted by atomic mass is 32.2. The minimum atomic E-state index is -0.480. The number of anilines is 1. The molecule has 168 valence electrons. The summed E-state index contributed by atoms with van der Waals surface area (Å²) in [7, 11) is 0. The molecule has 1 N–H and O–H groups in total. The fraction of sp³-hybridized carbons (Fsp3) is 0.565. The second-order valence-corrected chi connectivity index (χ2v) is 9.18. The molecule has 2 aliphatic heterocycles. The second-order valence-electron chi connectivity index (χ2n) is 8.01. The van der Waals surface area contributed by atoms with Crippen LogP contribution in [0.4, 0.5) is 5.69 Å². The van der Waals surface area contributed by atoms with E-state index in [4.69, 9.17) is 0 Å². The molecular formula is C23H32N4O3S. The molecule has 31 heavy (non-hydrogen) atoms. The number of hydrogen-bond donors (Lipinski definition) is 1. The number of nitrogens with one attached hydrogen (secondary N) is 1. The Bertz CT molecular complexity index is 830. The third kappa shape index (κ3) is 6.32. The van der Waals surface area contributed by atoms with Crippen molar-refractivity contribution in [3.8, 4) is 0 Å². The summed E-state index contributed by atoms with van der Waals surface area (Å²) in [6.45, 7) is 7.37. The number of amides is 3. The molecule has 2 heterocycles. The first-order chi connectivity index (χ1) is 15.0. The number of nitrogens with zero attached hydrogens (tertiary/aromatic N) is 3. The molecule has 1 saturated heterocycles. The van der Waals surface area contributed by atoms with E-state index >= 15 is 0 Å². The quantitative estimate of drug-likeness (QED) is 0.660. The van der Waals surface area contributed by atoms with E-state index in [-0.39, 0.29) is 24.1 Å². The predicted molar refractivity (Wildman–Crippen MR) is 125 cm³/mol. The van der Waals surface area contributed by atoms with Crippen LogP contribution in [0.15, 0.2) is 29.3 Å². The fourth-order valence-corrected chi connectivity index (χ4v) is 4.99. The Labute approximate surface area is 188 Å². The summed E-state index contributed by atoms with van der Waals surface area (Å²) in [6.07, 6.45) is 5.31. The Morgan fingerprint density at radius 1 is 1.16 bits per heavy atom. The van der Waals surface area contributed by atoms with Crippen LogP contribution in [0.2, 0.25) is 0 Å². The van der Waals surface area contributed by atoms with Gasteiger partial charge in [0.2, 0.25) is 5.91 Å². The first-order valence-electron chi connectivity index (χ1n) is 11.2. The lowest BCUT2D eigenvalue weighted by Gasteiger charge is -2.27. The average Bonchev–Trinajstić information content (AvgIpc) is 3.14. The molecule has 1 atom stereocenters. The molecule has 0 spiro atoms. The van der Waals surface area contributed by atoms with Gasteiger partial charge in [-0.1, -0.05) is 31.7 Å². The van der Waals surface area contributed by atoms with Gasteiger partial charge in [-0.2, -0.15) is 4.99 Å². The molecule has 1 unspecified atom stereocenters. The highest BCUT2D eigenvalue weighted by Crippen LogP contribution is 2.29. The van der Waals surface area contributed by atoms with E-state index in [9.17, 15) is 14.4 Å². The van der Waals surface area contributed by atoms with Crippen molar-refractivity contribution in [3.63, 3.8) is 0 Å². The minimum absolute atomic E-state index is 0.0269. The average molecular weight is 445 g/mol. The Morgan fingerprint density at radius 2 is 1.87 bits per heavy atom. The van der Waals surface area contributed by atoms with Crippen molar-refractivity contribution in [1.82, 2.24) is 9.80 Å². The van der Waals surface area contributed by atoms with Crippen molar-refractivity contribution in [1.29, 1.82) is 0 Å². The van der Waals surface area contributed by atoms with E-state index in [1.807, 2.05) is 4.90 Å². The van der Waals surface area contributed by atoms with Gasteiger partial charge in [-0.3, -0.25) is 14.4 Å². The molecular weight excluding hydrogens is 412 g/mol. The SMILES string of the molecule is CCCN(CCC)C(=O)c1cccc(NC(=O)CC2SC(N3CCCCC3)=NC2=O)c1. The lowest BCUT2D eigenvalue weighted by Crippen LogP contribution is -2.33. The zero-order chi connectivity index (χ0) is 22.2. The number of thioether (sulfide) groups is 1. The van der Waals surface area contributed by atoms with Crippen LogP contribution in [0.3, 0.4) is 0 Å². The predicted octanol–water partition coefficient (Wildman–Crippen LogP) is 3.76. The third-order valence-corrected chi connectivity index (χ3v) is 6.61. The molecule has 8 heteroatoms. The maximum Gasteiger partial charge on any atom is 0.262 e. The van der Waals surface area contributed by atoms with Crippen molar-refractivity contribution in [3.05, 3.63) is 29.8 Å². The van der Waals surface area contributed by atoms with Gasteiger partial charge in [-0.05, 0) is 50.3 Å². The topological polar surface area (TPSA) is 82.1 Å². The molecule has 7 nitrogen and oxygen atoms in total. The van der Waals surface area contributed by atoms with Gasteiger partial charge in [-0.25, -0.2) is 0 Å². The van der Waals surface area contributed by atoms with Gasteiger partial charge in [0.1, 0.15) is 5.25 Å². The van der Waals surface area contributed by atoms with Crippen molar-refractivity contribution in [2.24, 2.45) is 4.99 Å². The van der Waals surface area contributed by atoms with Crippen LogP contribution in [0.25, 0.3) is 0 Å². The van der Waals surface area contributed by atoms with Crippen LogP contribution in [0.5, 0.6) is 0 Å². The zero-order valence-electron chi connectivity index (χ0n) is 18.4. The van der Waals surface area contributed by atoms with Crippen molar-refractivity contribution in [2.45, 2.75) is 57.6 Å². The number of likely N-dealkylation sites (tertiary alicyclic amines) is 1. The number of aliphatic imine (C=N–C) groups is 1. The Morgan fingerprint density at radius 3 is 2.55 bits per heavy atom. The number of rotatable bonds is 8. The van der Waals surface area contributed by atoms with E-state index in [1.54, 1.807) is 24.3 Å². The number of piperidine rings is 1. The van der Waals surface area contributed by atoms with Gasteiger partial charge in [0, 0.05) is 43.9 Å². The maximum absolute atomic E-state index is 12.8. The van der Waals surface area contributed by atoms with Gasteiger partial charge < -0.3 is 15.1 Å². The van der Waals surface area contributed by atoms with Crippen molar-refractivity contribution < 1.29 is 14.4 Å². The molecule has 2 aliphatic rings. The molecule has 1 aromatic rings. The van der Waals surface area contributed by atoms with Crippen molar-refractivity contribution in [2.75, 3.05) is 31.5 Å². The fourth-order valence-electron chi connectivity index (χ4n) is 3.88. The van der Waals surface area contributed by atoms with Crippen LogP contribution >= 0.6 is 11.8 Å². The maximum atomic E-state index is 12.8. The number of carbonyl (C=O) groups is 3. The summed E-state index contributed by atoms with van der Waals surface area (Å²) in [4.78, 5) is 45.9. The van der Waals surface area contributed by atoms with Crippen molar-refractivity contribution >= 4 is 40.3 Å². The molecule has 0 aliphatic carbocycles. The van der Waals surface area contributed by atoms with Crippen LogP contribution < -0.4 is 5.32 Å². The molecule has 1 fully saturated rings. The van der Waals surface area contributed by atoms with Crippen LogP contribution in [0, 0.1) is 0 Å². The third-order valence-electron chi connectivity index (χ3n) is 5.39. The lowest BCUT2D eigenvalue weighted by atomic mass is 10.1. The molecule has 0 radical (unpaired) electrons. The van der Waals surface area contributed by atoms with E-state index in [2.05, 4.69) is 29.1 Å². The molecule has 0 aromatic heterocycles. The van der Waals surface area contributed by atoms with E-state index in [0.29, 0.717) is 24.3 Å². The van der Waals surface area contributed by atoms with Gasteiger partial charge >= 0.3 is 0 Å². The number of carbonyl (C=O) groups excluding carboxylic acids is 3. The highest BCUT2D eigenvalue weighted by Gasteiger charge is 2.33. The Balaban J connectivity index is 1.57. The van der Waals surface area contributed by atoms with E-state index in [0.717, 1.165) is 43.9 Å². The zero-order valence-corrected chi connectivity index (χ0v) is 19.2. The number of benzene rings is 1. The standard InChI is InChI=1S/C23H32N4O3S/c1-3-11-26(12-4-2)22(30)17-9-8-10-18(15-17)24-20(28)16-19-21(29)25-23(31-19)27-13-6-5-7-14-27/h8-10,15,19H,3-7,11-14,16H2,1-2H3,(H,24,28). The minimum Gasteiger partial charge on any atom is -0.351 e. The monoisotopic (exact) mass is 444 g/mol. The van der Waals surface area contributed by atoms with Crippen LogP contribution in [0.1, 0.15) is 62.7 Å². The normalized spacial score (nSPS) is 18.6. The second kappa shape index (κ2) is 11.3. The first-order valence-corrected chi connectivity index (χ1v) is 12.1. The first kappa shape index (κ1) is 23.3. The van der Waals surface area contributed by atoms with E-state index in [1.165, 1.54) is 18.2 Å². The van der Waals surface area contributed by atoms with Crippen LogP contribution in [-0.2, 0) is 9.59 Å². The number of hydrogen-bond acceptors (Lipinski definition) is 5. The van der Waals surface area contributed by atoms with Gasteiger partial charge in [0.05, 0.1) is 0 Å². The molecule has 1 aromatic carbocycles.